The Balaban J connectivity index is 2.71. The van der Waals surface area contributed by atoms with E-state index in [2.05, 4.69) is 59.1 Å². The van der Waals surface area contributed by atoms with Gasteiger partial charge in [0.15, 0.2) is 0 Å². The van der Waals surface area contributed by atoms with Crippen molar-refractivity contribution in [2.24, 2.45) is 11.8 Å². The Morgan fingerprint density at radius 2 is 2.00 bits per heavy atom. The number of nitrogens with one attached hydrogen (secondary N) is 1. The van der Waals surface area contributed by atoms with Crippen molar-refractivity contribution < 1.29 is 0 Å². The average Bonchev–Trinajstić information content (AvgIpc) is 2.27. The summed E-state index contributed by atoms with van der Waals surface area (Å²) >= 11 is 3.41. The van der Waals surface area contributed by atoms with Gasteiger partial charge in [-0.25, -0.2) is 0 Å². The molecule has 1 aromatic heterocycles. The van der Waals surface area contributed by atoms with Crippen LogP contribution in [0.4, 0.5) is 0 Å². The minimum Gasteiger partial charge on any atom is -0.317 e. The first-order valence-electron chi connectivity index (χ1n) is 5.82. The molecule has 0 radical (unpaired) electrons. The predicted molar refractivity (Wildman–Crippen MR) is 72.5 cm³/mol. The van der Waals surface area contributed by atoms with Gasteiger partial charge in [0, 0.05) is 22.4 Å². The maximum atomic E-state index is 4.44. The second-order valence-corrected chi connectivity index (χ2v) is 5.57. The van der Waals surface area contributed by atoms with Crippen LogP contribution in [0.15, 0.2) is 22.8 Å². The summed E-state index contributed by atoms with van der Waals surface area (Å²) < 4.78 is 1.04. The minimum atomic E-state index is 0.519. The Morgan fingerprint density at radius 3 is 2.44 bits per heavy atom. The molecule has 0 aliphatic heterocycles. The van der Waals surface area contributed by atoms with Crippen molar-refractivity contribution >= 4 is 15.9 Å². The van der Waals surface area contributed by atoms with E-state index in [1.807, 2.05) is 13.2 Å². The molecule has 1 heterocycles. The van der Waals surface area contributed by atoms with Crippen molar-refractivity contribution in [3.63, 3.8) is 0 Å². The summed E-state index contributed by atoms with van der Waals surface area (Å²) in [6.07, 6.45) is 2.91. The second-order valence-electron chi connectivity index (χ2n) is 4.66. The largest absolute Gasteiger partial charge is 0.317 e. The highest BCUT2D eigenvalue weighted by atomic mass is 79.9. The Kier molecular flexibility index (Phi) is 5.42. The summed E-state index contributed by atoms with van der Waals surface area (Å²) in [5.74, 6) is 1.28. The second kappa shape index (κ2) is 6.36. The summed E-state index contributed by atoms with van der Waals surface area (Å²) in [5.41, 5.74) is 1.17. The monoisotopic (exact) mass is 284 g/mol. The van der Waals surface area contributed by atoms with Gasteiger partial charge in [-0.2, -0.15) is 0 Å². The molecule has 0 aromatic carbocycles. The molecule has 16 heavy (non-hydrogen) atoms. The van der Waals surface area contributed by atoms with Crippen LogP contribution in [0.1, 0.15) is 26.5 Å². The van der Waals surface area contributed by atoms with Gasteiger partial charge in [-0.15, -0.1) is 0 Å². The zero-order valence-corrected chi connectivity index (χ0v) is 12.1. The number of aromatic nitrogens is 1. The fourth-order valence-corrected chi connectivity index (χ4v) is 2.21. The topological polar surface area (TPSA) is 24.9 Å². The molecule has 3 heteroatoms. The zero-order valence-electron chi connectivity index (χ0n) is 10.5. The van der Waals surface area contributed by atoms with E-state index >= 15 is 0 Å². The van der Waals surface area contributed by atoms with Gasteiger partial charge in [-0.3, -0.25) is 4.98 Å². The third-order valence-electron chi connectivity index (χ3n) is 3.19. The summed E-state index contributed by atoms with van der Waals surface area (Å²) in [5, 5.41) is 3.34. The van der Waals surface area contributed by atoms with E-state index < -0.39 is 0 Å². The molecule has 0 bridgehead atoms. The van der Waals surface area contributed by atoms with Gasteiger partial charge in [0.05, 0.1) is 0 Å². The van der Waals surface area contributed by atoms with E-state index in [4.69, 9.17) is 0 Å². The molecule has 0 aliphatic rings. The van der Waals surface area contributed by atoms with Gasteiger partial charge in [-0.1, -0.05) is 13.8 Å². The van der Waals surface area contributed by atoms with Crippen molar-refractivity contribution in [3.05, 3.63) is 28.5 Å². The van der Waals surface area contributed by atoms with E-state index in [1.165, 1.54) is 5.69 Å². The van der Waals surface area contributed by atoms with Crippen LogP contribution in [-0.4, -0.2) is 18.1 Å². The number of halogens is 1. The lowest BCUT2D eigenvalue weighted by atomic mass is 9.85. The molecule has 90 valence electrons. The fraction of sp³-hybridized carbons (Fsp3) is 0.615. The molecule has 0 saturated heterocycles. The van der Waals surface area contributed by atoms with Crippen LogP contribution < -0.4 is 5.32 Å². The molecule has 0 fully saturated rings. The molecule has 2 nitrogen and oxygen atoms in total. The molecule has 2 atom stereocenters. The van der Waals surface area contributed by atoms with Gasteiger partial charge in [0.1, 0.15) is 0 Å². The van der Waals surface area contributed by atoms with Gasteiger partial charge in [-0.05, 0) is 60.3 Å². The maximum absolute atomic E-state index is 4.44. The standard InChI is InChI=1S/C13H21BrN2/c1-9(2)13(10(3)15-4)7-12-6-5-11(14)8-16-12/h5-6,8-10,13,15H,7H2,1-4H3. The Hall–Kier alpha value is -0.410. The number of pyridine rings is 1. The summed E-state index contributed by atoms with van der Waals surface area (Å²) in [6.45, 7) is 6.79. The molecule has 2 unspecified atom stereocenters. The highest BCUT2D eigenvalue weighted by Crippen LogP contribution is 2.20. The third kappa shape index (κ3) is 3.87. The van der Waals surface area contributed by atoms with Gasteiger partial charge in [0.25, 0.3) is 0 Å². The van der Waals surface area contributed by atoms with Crippen molar-refractivity contribution in [2.75, 3.05) is 7.05 Å². The molecule has 1 rings (SSSR count). The maximum Gasteiger partial charge on any atom is 0.0413 e. The van der Waals surface area contributed by atoms with Gasteiger partial charge >= 0.3 is 0 Å². The molecular weight excluding hydrogens is 264 g/mol. The van der Waals surface area contributed by atoms with Gasteiger partial charge < -0.3 is 5.32 Å². The first kappa shape index (κ1) is 13.7. The zero-order chi connectivity index (χ0) is 12.1. The van der Waals surface area contributed by atoms with Crippen molar-refractivity contribution in [1.82, 2.24) is 10.3 Å². The van der Waals surface area contributed by atoms with Crippen molar-refractivity contribution in [3.8, 4) is 0 Å². The van der Waals surface area contributed by atoms with Crippen LogP contribution in [0.2, 0.25) is 0 Å². The van der Waals surface area contributed by atoms with E-state index in [0.29, 0.717) is 17.9 Å². The van der Waals surface area contributed by atoms with E-state index in [0.717, 1.165) is 10.9 Å². The molecule has 0 spiro atoms. The van der Waals surface area contributed by atoms with Crippen LogP contribution in [0.3, 0.4) is 0 Å². The summed E-state index contributed by atoms with van der Waals surface area (Å²) in [7, 11) is 2.02. The Morgan fingerprint density at radius 1 is 1.31 bits per heavy atom. The molecule has 1 aromatic rings. The average molecular weight is 285 g/mol. The molecule has 0 saturated carbocycles. The lowest BCUT2D eigenvalue weighted by molar-refractivity contribution is 0.298. The van der Waals surface area contributed by atoms with E-state index in [1.54, 1.807) is 0 Å². The SMILES string of the molecule is CNC(C)C(Cc1ccc(Br)cn1)C(C)C. The van der Waals surface area contributed by atoms with Crippen LogP contribution in [0, 0.1) is 11.8 Å². The molecule has 1 N–H and O–H groups in total. The smallest absolute Gasteiger partial charge is 0.0413 e. The highest BCUT2D eigenvalue weighted by molar-refractivity contribution is 9.10. The van der Waals surface area contributed by atoms with Crippen LogP contribution in [0.25, 0.3) is 0 Å². The number of hydrogen-bond acceptors (Lipinski definition) is 2. The van der Waals surface area contributed by atoms with Gasteiger partial charge in [0.2, 0.25) is 0 Å². The lowest BCUT2D eigenvalue weighted by Crippen LogP contribution is -2.35. The number of nitrogens with zero attached hydrogens (tertiary/aromatic N) is 1. The Bertz CT molecular complexity index is 308. The molecule has 0 amide bonds. The van der Waals surface area contributed by atoms with Crippen LogP contribution in [0.5, 0.6) is 0 Å². The normalized spacial score (nSPS) is 15.1. The first-order valence-corrected chi connectivity index (χ1v) is 6.61. The minimum absolute atomic E-state index is 0.519. The highest BCUT2D eigenvalue weighted by Gasteiger charge is 2.20. The third-order valence-corrected chi connectivity index (χ3v) is 3.66. The fourth-order valence-electron chi connectivity index (χ4n) is 1.97. The number of rotatable bonds is 5. The Labute approximate surface area is 107 Å². The molecule has 0 aliphatic carbocycles. The van der Waals surface area contributed by atoms with Crippen molar-refractivity contribution in [1.29, 1.82) is 0 Å². The predicted octanol–water partition coefficient (Wildman–Crippen LogP) is 3.27. The van der Waals surface area contributed by atoms with E-state index in [-0.39, 0.29) is 0 Å². The lowest BCUT2D eigenvalue weighted by Gasteiger charge is -2.27. The summed E-state index contributed by atoms with van der Waals surface area (Å²) in [6, 6.07) is 4.68. The van der Waals surface area contributed by atoms with Crippen molar-refractivity contribution in [2.45, 2.75) is 33.2 Å². The summed E-state index contributed by atoms with van der Waals surface area (Å²) in [4.78, 5) is 4.44. The van der Waals surface area contributed by atoms with Crippen LogP contribution in [-0.2, 0) is 6.42 Å². The van der Waals surface area contributed by atoms with Crippen LogP contribution >= 0.6 is 15.9 Å². The number of hydrogen-bond donors (Lipinski definition) is 1. The first-order chi connectivity index (χ1) is 7.54. The molecular formula is C13H21BrN2. The van der Waals surface area contributed by atoms with E-state index in [9.17, 15) is 0 Å². The quantitative estimate of drug-likeness (QED) is 0.898.